The van der Waals surface area contributed by atoms with Crippen LogP contribution in [-0.2, 0) is 0 Å². The van der Waals surface area contributed by atoms with Crippen LogP contribution in [-0.4, -0.2) is 14.9 Å². The molecule has 0 atom stereocenters. The molecule has 9 heteroatoms. The molecular weight excluding hydrogens is 396 g/mol. The highest BCUT2D eigenvalue weighted by molar-refractivity contribution is 9.10. The van der Waals surface area contributed by atoms with Gasteiger partial charge in [-0.25, -0.2) is 4.98 Å². The van der Waals surface area contributed by atoms with Crippen LogP contribution in [0.1, 0.15) is 11.4 Å². The summed E-state index contributed by atoms with van der Waals surface area (Å²) in [6.45, 7) is 0. The average molecular weight is 403 g/mol. The summed E-state index contributed by atoms with van der Waals surface area (Å²) in [5.74, 6) is 0.117. The Morgan fingerprint density at radius 2 is 2.25 bits per heavy atom. The number of hydrogen-bond donors (Lipinski definition) is 1. The Balaban J connectivity index is 2.11. The summed E-state index contributed by atoms with van der Waals surface area (Å²) in [6.07, 6.45) is 1.45. The lowest BCUT2D eigenvalue weighted by Gasteiger charge is -2.02. The number of H-pyrrole nitrogens is 1. The third kappa shape index (κ3) is 3.10. The van der Waals surface area contributed by atoms with Gasteiger partial charge in [0.05, 0.1) is 21.4 Å². The zero-order valence-corrected chi connectivity index (χ0v) is 14.2. The van der Waals surface area contributed by atoms with E-state index in [-0.39, 0.29) is 22.0 Å². The second-order valence-corrected chi connectivity index (χ2v) is 6.53. The molecule has 0 radical (unpaired) electrons. The standard InChI is InChI=1S/C15H7BrN4O3S/c16-10-1-2-12-11(5-10)15(21)19-14(18-12)9(6-17)3-8-4-13(20(22)23)24-7-8/h1-5,7H,(H,18,19,21). The van der Waals surface area contributed by atoms with Gasteiger partial charge in [-0.05, 0) is 29.8 Å². The first kappa shape index (κ1) is 16.0. The van der Waals surface area contributed by atoms with E-state index in [0.29, 0.717) is 16.5 Å². The number of nitrogens with one attached hydrogen (secondary N) is 1. The van der Waals surface area contributed by atoms with Crippen LogP contribution in [0.2, 0.25) is 0 Å². The number of rotatable bonds is 3. The van der Waals surface area contributed by atoms with Crippen LogP contribution in [0.25, 0.3) is 22.6 Å². The summed E-state index contributed by atoms with van der Waals surface area (Å²) < 4.78 is 0.747. The van der Waals surface area contributed by atoms with Crippen molar-refractivity contribution in [3.05, 3.63) is 66.0 Å². The van der Waals surface area contributed by atoms with Crippen LogP contribution < -0.4 is 5.56 Å². The highest BCUT2D eigenvalue weighted by Gasteiger charge is 2.12. The summed E-state index contributed by atoms with van der Waals surface area (Å²) in [5, 5.41) is 22.0. The molecule has 0 saturated heterocycles. The molecule has 1 aromatic carbocycles. The number of aromatic amines is 1. The lowest BCUT2D eigenvalue weighted by Crippen LogP contribution is -2.11. The van der Waals surface area contributed by atoms with E-state index in [1.54, 1.807) is 23.6 Å². The molecule has 118 valence electrons. The van der Waals surface area contributed by atoms with Gasteiger partial charge >= 0.3 is 5.00 Å². The maximum Gasteiger partial charge on any atom is 0.324 e. The molecule has 2 aromatic heterocycles. The normalized spacial score (nSPS) is 11.4. The zero-order valence-electron chi connectivity index (χ0n) is 11.8. The minimum Gasteiger partial charge on any atom is -0.305 e. The second kappa shape index (κ2) is 6.35. The molecule has 0 aliphatic carbocycles. The summed E-state index contributed by atoms with van der Waals surface area (Å²) in [4.78, 5) is 29.3. The third-order valence-electron chi connectivity index (χ3n) is 3.14. The fraction of sp³-hybridized carbons (Fsp3) is 0. The Morgan fingerprint density at radius 1 is 1.46 bits per heavy atom. The smallest absolute Gasteiger partial charge is 0.305 e. The molecule has 0 amide bonds. The summed E-state index contributed by atoms with van der Waals surface area (Å²) in [6, 6.07) is 8.38. The molecule has 0 saturated carbocycles. The Morgan fingerprint density at radius 3 is 2.92 bits per heavy atom. The molecule has 0 bridgehead atoms. The first-order valence-corrected chi connectivity index (χ1v) is 8.20. The molecule has 24 heavy (non-hydrogen) atoms. The minimum atomic E-state index is -0.498. The molecule has 2 heterocycles. The van der Waals surface area contributed by atoms with Gasteiger partial charge in [0.15, 0.2) is 5.82 Å². The van der Waals surface area contributed by atoms with Crippen molar-refractivity contribution >= 4 is 54.8 Å². The summed E-state index contributed by atoms with van der Waals surface area (Å²) in [5.41, 5.74) is 0.703. The van der Waals surface area contributed by atoms with Crippen LogP contribution in [0.15, 0.2) is 38.9 Å². The molecule has 0 aliphatic rings. The highest BCUT2D eigenvalue weighted by Crippen LogP contribution is 2.25. The second-order valence-electron chi connectivity index (χ2n) is 4.72. The number of halogens is 1. The van der Waals surface area contributed by atoms with E-state index >= 15 is 0 Å². The lowest BCUT2D eigenvalue weighted by molar-refractivity contribution is -0.380. The Kier molecular flexibility index (Phi) is 4.24. The van der Waals surface area contributed by atoms with Gasteiger partial charge in [0.25, 0.3) is 5.56 Å². The quantitative estimate of drug-likeness (QED) is 0.407. The lowest BCUT2D eigenvalue weighted by atomic mass is 10.1. The molecular formula is C15H7BrN4O3S. The zero-order chi connectivity index (χ0) is 17.3. The molecule has 1 N–H and O–H groups in total. The van der Waals surface area contributed by atoms with E-state index < -0.39 is 4.92 Å². The Labute approximate surface area is 147 Å². The van der Waals surface area contributed by atoms with E-state index in [2.05, 4.69) is 25.9 Å². The Bertz CT molecular complexity index is 1090. The molecule has 0 aliphatic heterocycles. The maximum absolute atomic E-state index is 12.2. The van der Waals surface area contributed by atoms with Crippen molar-refractivity contribution in [3.8, 4) is 6.07 Å². The van der Waals surface area contributed by atoms with Crippen LogP contribution >= 0.6 is 27.3 Å². The fourth-order valence-corrected chi connectivity index (χ4v) is 3.11. The third-order valence-corrected chi connectivity index (χ3v) is 4.53. The maximum atomic E-state index is 12.2. The monoisotopic (exact) mass is 402 g/mol. The van der Waals surface area contributed by atoms with E-state index in [0.717, 1.165) is 15.8 Å². The number of thiophene rings is 1. The van der Waals surface area contributed by atoms with Crippen LogP contribution in [0.4, 0.5) is 5.00 Å². The average Bonchev–Trinajstić information content (AvgIpc) is 3.02. The number of nitriles is 1. The fourth-order valence-electron chi connectivity index (χ4n) is 2.07. The number of hydrogen-bond acceptors (Lipinski definition) is 6. The topological polar surface area (TPSA) is 113 Å². The number of nitrogens with zero attached hydrogens (tertiary/aromatic N) is 3. The number of allylic oxidation sites excluding steroid dienone is 1. The first-order valence-electron chi connectivity index (χ1n) is 6.52. The van der Waals surface area contributed by atoms with E-state index in [1.165, 1.54) is 12.1 Å². The predicted molar refractivity (Wildman–Crippen MR) is 94.5 cm³/mol. The van der Waals surface area contributed by atoms with Crippen molar-refractivity contribution in [3.63, 3.8) is 0 Å². The van der Waals surface area contributed by atoms with E-state index in [9.17, 15) is 20.2 Å². The van der Waals surface area contributed by atoms with Gasteiger partial charge in [0, 0.05) is 15.9 Å². The first-order chi connectivity index (χ1) is 11.5. The van der Waals surface area contributed by atoms with Crippen molar-refractivity contribution in [2.45, 2.75) is 0 Å². The van der Waals surface area contributed by atoms with Crippen LogP contribution in [0.5, 0.6) is 0 Å². The molecule has 0 fully saturated rings. The largest absolute Gasteiger partial charge is 0.324 e. The number of aromatic nitrogens is 2. The molecule has 7 nitrogen and oxygen atoms in total. The van der Waals surface area contributed by atoms with Gasteiger partial charge in [0.1, 0.15) is 6.07 Å². The van der Waals surface area contributed by atoms with Crippen molar-refractivity contribution in [2.24, 2.45) is 0 Å². The Hall–Kier alpha value is -2.83. The van der Waals surface area contributed by atoms with Crippen LogP contribution in [0, 0.1) is 21.4 Å². The van der Waals surface area contributed by atoms with Gasteiger partial charge < -0.3 is 4.98 Å². The minimum absolute atomic E-state index is 0.0247. The summed E-state index contributed by atoms with van der Waals surface area (Å²) in [7, 11) is 0. The molecule has 0 unspecified atom stereocenters. The molecule has 3 aromatic rings. The molecule has 3 rings (SSSR count). The van der Waals surface area contributed by atoms with Gasteiger partial charge in [-0.15, -0.1) is 0 Å². The van der Waals surface area contributed by atoms with Gasteiger partial charge in [-0.1, -0.05) is 27.3 Å². The number of fused-ring (bicyclic) bond motifs is 1. The number of benzene rings is 1. The molecule has 0 spiro atoms. The van der Waals surface area contributed by atoms with Crippen molar-refractivity contribution in [2.75, 3.05) is 0 Å². The number of nitro groups is 1. The van der Waals surface area contributed by atoms with Crippen LogP contribution in [0.3, 0.4) is 0 Å². The summed E-state index contributed by atoms with van der Waals surface area (Å²) >= 11 is 4.25. The van der Waals surface area contributed by atoms with Gasteiger partial charge in [0.2, 0.25) is 0 Å². The van der Waals surface area contributed by atoms with E-state index in [1.807, 2.05) is 6.07 Å². The van der Waals surface area contributed by atoms with E-state index in [4.69, 9.17) is 0 Å². The van der Waals surface area contributed by atoms with Gasteiger partial charge in [-0.3, -0.25) is 14.9 Å². The van der Waals surface area contributed by atoms with Crippen molar-refractivity contribution < 1.29 is 4.92 Å². The predicted octanol–water partition coefficient (Wildman–Crippen LogP) is 3.72. The SMILES string of the molecule is N#CC(=Cc1csc([N+](=O)[O-])c1)c1nc2ccc(Br)cc2c(=O)[nH]1. The van der Waals surface area contributed by atoms with Crippen molar-refractivity contribution in [1.29, 1.82) is 5.26 Å². The van der Waals surface area contributed by atoms with Crippen molar-refractivity contribution in [1.82, 2.24) is 9.97 Å². The van der Waals surface area contributed by atoms with Gasteiger partial charge in [-0.2, -0.15) is 5.26 Å². The highest BCUT2D eigenvalue weighted by atomic mass is 79.9.